The molecule has 2 aliphatic rings. The number of β-amino-alcohol motifs (C(OH)–C–C–N with tert-alkyl or cyclic N) is 1. The lowest BCUT2D eigenvalue weighted by atomic mass is 10.2. The van der Waals surface area contributed by atoms with Crippen molar-refractivity contribution < 1.29 is 24.1 Å². The minimum Gasteiger partial charge on any atom is -0.444 e. The van der Waals surface area contributed by atoms with Crippen LogP contribution in [0, 0.1) is 0 Å². The third-order valence-corrected chi connectivity index (χ3v) is 2.86. The van der Waals surface area contributed by atoms with Gasteiger partial charge in [0.15, 0.2) is 0 Å². The maximum Gasteiger partial charge on any atom is 0.410 e. The number of nitrogens with zero attached hydrogens (tertiary/aromatic N) is 1. The predicted octanol–water partition coefficient (Wildman–Crippen LogP) is 0.382. The highest BCUT2D eigenvalue weighted by atomic mass is 16.6. The highest BCUT2D eigenvalue weighted by Gasteiger charge is 2.39. The van der Waals surface area contributed by atoms with E-state index in [0.717, 1.165) is 0 Å². The van der Waals surface area contributed by atoms with Gasteiger partial charge in [0.05, 0.1) is 32.4 Å². The van der Waals surface area contributed by atoms with E-state index in [1.807, 2.05) is 20.8 Å². The van der Waals surface area contributed by atoms with Crippen LogP contribution in [-0.4, -0.2) is 66.3 Å². The average Bonchev–Trinajstić information content (AvgIpc) is 2.51. The molecule has 1 N–H and O–H groups in total. The van der Waals surface area contributed by atoms with Crippen LogP contribution in [0.5, 0.6) is 0 Å². The maximum atomic E-state index is 11.8. The van der Waals surface area contributed by atoms with Gasteiger partial charge >= 0.3 is 6.09 Å². The first kappa shape index (κ1) is 13.6. The normalized spacial score (nSPS) is 29.2. The Balaban J connectivity index is 1.83. The fourth-order valence-electron chi connectivity index (χ4n) is 1.91. The Morgan fingerprint density at radius 3 is 2.50 bits per heavy atom. The summed E-state index contributed by atoms with van der Waals surface area (Å²) in [4.78, 5) is 13.3. The molecular weight excluding hydrogens is 238 g/mol. The van der Waals surface area contributed by atoms with E-state index in [9.17, 15) is 9.90 Å². The number of rotatable bonds is 2. The molecule has 0 aromatic rings. The molecule has 0 aliphatic carbocycles. The minimum absolute atomic E-state index is 0.0447. The first-order valence-electron chi connectivity index (χ1n) is 6.24. The molecule has 0 radical (unpaired) electrons. The Morgan fingerprint density at radius 1 is 1.33 bits per heavy atom. The first-order chi connectivity index (χ1) is 8.35. The van der Waals surface area contributed by atoms with Crippen LogP contribution in [-0.2, 0) is 14.2 Å². The van der Waals surface area contributed by atoms with Gasteiger partial charge in [-0.1, -0.05) is 0 Å². The zero-order valence-corrected chi connectivity index (χ0v) is 11.1. The van der Waals surface area contributed by atoms with Crippen molar-refractivity contribution in [3.63, 3.8) is 0 Å². The second-order valence-electron chi connectivity index (χ2n) is 5.79. The zero-order valence-electron chi connectivity index (χ0n) is 11.1. The van der Waals surface area contributed by atoms with Crippen LogP contribution in [0.25, 0.3) is 0 Å². The second-order valence-corrected chi connectivity index (χ2v) is 5.79. The molecule has 2 heterocycles. The van der Waals surface area contributed by atoms with Gasteiger partial charge in [0.2, 0.25) is 0 Å². The molecule has 2 atom stereocenters. The molecule has 2 saturated heterocycles. The van der Waals surface area contributed by atoms with Gasteiger partial charge < -0.3 is 24.2 Å². The fraction of sp³-hybridized carbons (Fsp3) is 0.917. The van der Waals surface area contributed by atoms with Gasteiger partial charge in [0, 0.05) is 0 Å². The van der Waals surface area contributed by atoms with Crippen molar-refractivity contribution in [3.05, 3.63) is 0 Å². The van der Waals surface area contributed by atoms with E-state index in [-0.39, 0.29) is 18.8 Å². The van der Waals surface area contributed by atoms with Gasteiger partial charge in [-0.3, -0.25) is 0 Å². The van der Waals surface area contributed by atoms with Gasteiger partial charge in [-0.15, -0.1) is 0 Å². The lowest BCUT2D eigenvalue weighted by molar-refractivity contribution is -0.165. The SMILES string of the molecule is CC(C)(C)OC(=O)N1CC(O)C(OC2COC2)C1. The molecule has 0 aromatic heterocycles. The van der Waals surface area contributed by atoms with Gasteiger partial charge in [-0.25, -0.2) is 4.79 Å². The summed E-state index contributed by atoms with van der Waals surface area (Å²) in [7, 11) is 0. The number of likely N-dealkylation sites (tertiary alicyclic amines) is 1. The Labute approximate surface area is 107 Å². The van der Waals surface area contributed by atoms with Gasteiger partial charge in [-0.05, 0) is 20.8 Å². The predicted molar refractivity (Wildman–Crippen MR) is 63.3 cm³/mol. The zero-order chi connectivity index (χ0) is 13.3. The molecule has 18 heavy (non-hydrogen) atoms. The van der Waals surface area contributed by atoms with Gasteiger partial charge in [0.1, 0.15) is 17.8 Å². The van der Waals surface area contributed by atoms with Crippen LogP contribution in [0.2, 0.25) is 0 Å². The Hall–Kier alpha value is -0.850. The quantitative estimate of drug-likeness (QED) is 0.776. The second kappa shape index (κ2) is 5.03. The van der Waals surface area contributed by atoms with Crippen molar-refractivity contribution in [3.8, 4) is 0 Å². The molecule has 0 saturated carbocycles. The van der Waals surface area contributed by atoms with Crippen LogP contribution in [0.4, 0.5) is 4.79 Å². The monoisotopic (exact) mass is 259 g/mol. The van der Waals surface area contributed by atoms with E-state index in [0.29, 0.717) is 19.8 Å². The van der Waals surface area contributed by atoms with Crippen molar-refractivity contribution >= 4 is 6.09 Å². The standard InChI is InChI=1S/C12H21NO5/c1-12(2,3)18-11(15)13-4-9(14)10(5-13)17-8-6-16-7-8/h8-10,14H,4-7H2,1-3H3. The fourth-order valence-corrected chi connectivity index (χ4v) is 1.91. The molecule has 0 spiro atoms. The van der Waals surface area contributed by atoms with E-state index in [1.165, 1.54) is 4.90 Å². The van der Waals surface area contributed by atoms with Crippen LogP contribution in [0.3, 0.4) is 0 Å². The summed E-state index contributed by atoms with van der Waals surface area (Å²) in [5, 5.41) is 9.86. The highest BCUT2D eigenvalue weighted by Crippen LogP contribution is 2.20. The summed E-state index contributed by atoms with van der Waals surface area (Å²) in [6, 6.07) is 0. The Kier molecular flexibility index (Phi) is 3.79. The molecule has 2 aliphatic heterocycles. The number of amides is 1. The Morgan fingerprint density at radius 2 is 2.00 bits per heavy atom. The molecular formula is C12H21NO5. The van der Waals surface area contributed by atoms with Crippen molar-refractivity contribution in [2.45, 2.75) is 44.7 Å². The van der Waals surface area contributed by atoms with E-state index in [1.54, 1.807) is 0 Å². The lowest BCUT2D eigenvalue weighted by Gasteiger charge is -2.30. The Bertz CT molecular complexity index is 310. The molecule has 0 aromatic carbocycles. The maximum absolute atomic E-state index is 11.8. The van der Waals surface area contributed by atoms with Crippen LogP contribution < -0.4 is 0 Å². The van der Waals surface area contributed by atoms with E-state index >= 15 is 0 Å². The summed E-state index contributed by atoms with van der Waals surface area (Å²) < 4.78 is 15.9. The summed E-state index contributed by atoms with van der Waals surface area (Å²) >= 11 is 0. The molecule has 6 nitrogen and oxygen atoms in total. The van der Waals surface area contributed by atoms with Crippen molar-refractivity contribution in [2.24, 2.45) is 0 Å². The molecule has 6 heteroatoms. The average molecular weight is 259 g/mol. The number of hydrogen-bond acceptors (Lipinski definition) is 5. The number of aliphatic hydroxyl groups excluding tert-OH is 1. The lowest BCUT2D eigenvalue weighted by Crippen LogP contribution is -2.42. The summed E-state index contributed by atoms with van der Waals surface area (Å²) in [5.41, 5.74) is -0.525. The number of carbonyl (C=O) groups excluding carboxylic acids is 1. The van der Waals surface area contributed by atoms with Crippen molar-refractivity contribution in [1.82, 2.24) is 4.90 Å². The van der Waals surface area contributed by atoms with Gasteiger partial charge in [0.25, 0.3) is 0 Å². The molecule has 2 fully saturated rings. The number of carbonyl (C=O) groups is 1. The van der Waals surface area contributed by atoms with Crippen molar-refractivity contribution in [2.75, 3.05) is 26.3 Å². The van der Waals surface area contributed by atoms with Gasteiger partial charge in [-0.2, -0.15) is 0 Å². The third kappa shape index (κ3) is 3.34. The molecule has 104 valence electrons. The third-order valence-electron chi connectivity index (χ3n) is 2.86. The minimum atomic E-state index is -0.655. The highest BCUT2D eigenvalue weighted by molar-refractivity contribution is 5.68. The van der Waals surface area contributed by atoms with E-state index in [2.05, 4.69) is 0 Å². The smallest absolute Gasteiger partial charge is 0.410 e. The van der Waals surface area contributed by atoms with E-state index in [4.69, 9.17) is 14.2 Å². The number of ether oxygens (including phenoxy) is 3. The number of aliphatic hydroxyl groups is 1. The van der Waals surface area contributed by atoms with Crippen molar-refractivity contribution in [1.29, 1.82) is 0 Å². The summed E-state index contributed by atoms with van der Waals surface area (Å²) in [5.74, 6) is 0. The number of hydrogen-bond donors (Lipinski definition) is 1. The first-order valence-corrected chi connectivity index (χ1v) is 6.24. The van der Waals surface area contributed by atoms with E-state index < -0.39 is 17.8 Å². The van der Waals surface area contributed by atoms with Crippen LogP contribution in [0.1, 0.15) is 20.8 Å². The molecule has 2 unspecified atom stereocenters. The topological polar surface area (TPSA) is 68.2 Å². The molecule has 1 amide bonds. The van der Waals surface area contributed by atoms with Crippen LogP contribution in [0.15, 0.2) is 0 Å². The van der Waals surface area contributed by atoms with Crippen LogP contribution >= 0.6 is 0 Å². The molecule has 2 rings (SSSR count). The molecule has 0 bridgehead atoms. The summed E-state index contributed by atoms with van der Waals surface area (Å²) in [6.45, 7) is 7.20. The summed E-state index contributed by atoms with van der Waals surface area (Å²) in [6.07, 6.45) is -1.36. The largest absolute Gasteiger partial charge is 0.444 e.